The van der Waals surface area contributed by atoms with E-state index in [0.717, 1.165) is 23.1 Å². The summed E-state index contributed by atoms with van der Waals surface area (Å²) in [5.41, 5.74) is 2.48. The van der Waals surface area contributed by atoms with Gasteiger partial charge in [-0.1, -0.05) is 6.92 Å². The van der Waals surface area contributed by atoms with Gasteiger partial charge in [0.25, 0.3) is 0 Å². The first-order chi connectivity index (χ1) is 13.6. The van der Waals surface area contributed by atoms with Crippen molar-refractivity contribution >= 4 is 39.1 Å². The Labute approximate surface area is 167 Å². The predicted molar refractivity (Wildman–Crippen MR) is 112 cm³/mol. The number of anilines is 2. The molecule has 3 aromatic heterocycles. The number of aromatic nitrogens is 2. The van der Waals surface area contributed by atoms with Gasteiger partial charge in [-0.15, -0.1) is 11.3 Å². The Hall–Kier alpha value is -3.05. The molecule has 3 aromatic rings. The Kier molecular flexibility index (Phi) is 4.92. The maximum Gasteiger partial charge on any atom is 0.322 e. The summed E-state index contributed by atoms with van der Waals surface area (Å²) in [6, 6.07) is 7.94. The van der Waals surface area contributed by atoms with Crippen LogP contribution in [0.2, 0.25) is 0 Å². The second kappa shape index (κ2) is 7.52. The molecule has 2 N–H and O–H groups in total. The van der Waals surface area contributed by atoms with Gasteiger partial charge < -0.3 is 14.8 Å². The van der Waals surface area contributed by atoms with E-state index in [4.69, 9.17) is 5.26 Å². The van der Waals surface area contributed by atoms with E-state index < -0.39 is 0 Å². The molecule has 0 saturated carbocycles. The molecule has 1 fully saturated rings. The van der Waals surface area contributed by atoms with Gasteiger partial charge in [0.1, 0.15) is 16.7 Å². The molecular weight excluding hydrogens is 372 g/mol. The number of nitrogens with one attached hydrogen (secondary N) is 2. The molecule has 1 saturated heterocycles. The maximum absolute atomic E-state index is 12.8. The number of aromatic amines is 1. The summed E-state index contributed by atoms with van der Waals surface area (Å²) in [6.07, 6.45) is 4.63. The zero-order chi connectivity index (χ0) is 19.7. The molecule has 144 valence electrons. The molecule has 0 spiro atoms. The zero-order valence-electron chi connectivity index (χ0n) is 15.8. The number of rotatable bonds is 3. The Morgan fingerprint density at radius 2 is 2.32 bits per heavy atom. The van der Waals surface area contributed by atoms with E-state index >= 15 is 0 Å². The van der Waals surface area contributed by atoms with Crippen LogP contribution in [0, 0.1) is 17.2 Å². The van der Waals surface area contributed by atoms with Crippen LogP contribution in [0.15, 0.2) is 36.0 Å². The molecule has 2 atom stereocenters. The summed E-state index contributed by atoms with van der Waals surface area (Å²) in [7, 11) is 2.08. The summed E-state index contributed by atoms with van der Waals surface area (Å²) in [5, 5.41) is 15.6. The highest BCUT2D eigenvalue weighted by Crippen LogP contribution is 2.31. The van der Waals surface area contributed by atoms with Crippen LogP contribution in [0.5, 0.6) is 0 Å². The zero-order valence-corrected chi connectivity index (χ0v) is 16.7. The number of piperidine rings is 1. The first-order valence-corrected chi connectivity index (χ1v) is 10.1. The summed E-state index contributed by atoms with van der Waals surface area (Å²) in [4.78, 5) is 24.4. The van der Waals surface area contributed by atoms with E-state index in [1.54, 1.807) is 6.07 Å². The molecule has 0 aliphatic carbocycles. The largest absolute Gasteiger partial charge is 0.369 e. The number of likely N-dealkylation sites (N-methyl/N-ethyl adjacent to an activating group) is 1. The number of carbonyl (C=O) groups excluding carboxylic acids is 1. The lowest BCUT2D eigenvalue weighted by molar-refractivity contribution is 0.172. The number of urea groups is 1. The van der Waals surface area contributed by atoms with Gasteiger partial charge in [-0.2, -0.15) is 5.26 Å². The highest BCUT2D eigenvalue weighted by molar-refractivity contribution is 7.14. The van der Waals surface area contributed by atoms with Crippen LogP contribution < -0.4 is 10.2 Å². The second-order valence-corrected chi connectivity index (χ2v) is 8.08. The van der Waals surface area contributed by atoms with Crippen LogP contribution in [-0.2, 0) is 0 Å². The highest BCUT2D eigenvalue weighted by atomic mass is 32.1. The molecule has 4 rings (SSSR count). The molecule has 2 unspecified atom stereocenters. The Morgan fingerprint density at radius 1 is 1.46 bits per heavy atom. The molecule has 4 heterocycles. The minimum atomic E-state index is -0.147. The third-order valence-electron chi connectivity index (χ3n) is 5.53. The number of fused-ring (bicyclic) bond motifs is 1. The smallest absolute Gasteiger partial charge is 0.322 e. The summed E-state index contributed by atoms with van der Waals surface area (Å²) >= 11 is 1.37. The fourth-order valence-corrected chi connectivity index (χ4v) is 4.57. The average Bonchev–Trinajstić information content (AvgIpc) is 3.36. The van der Waals surface area contributed by atoms with Crippen LogP contribution in [0.25, 0.3) is 11.0 Å². The van der Waals surface area contributed by atoms with Crippen LogP contribution in [-0.4, -0.2) is 47.1 Å². The molecule has 2 amide bonds. The van der Waals surface area contributed by atoms with Gasteiger partial charge in [0.2, 0.25) is 0 Å². The van der Waals surface area contributed by atoms with E-state index in [1.807, 2.05) is 34.8 Å². The minimum absolute atomic E-state index is 0.147. The van der Waals surface area contributed by atoms with E-state index in [9.17, 15) is 4.79 Å². The molecular formula is C20H22N6OS. The fourth-order valence-electron chi connectivity index (χ4n) is 3.84. The number of H-pyrrole nitrogens is 1. The number of hydrogen-bond donors (Lipinski definition) is 2. The van der Waals surface area contributed by atoms with Gasteiger partial charge in [-0.05, 0) is 35.9 Å². The molecule has 0 bridgehead atoms. The number of carbonyl (C=O) groups is 1. The Morgan fingerprint density at radius 3 is 3.14 bits per heavy atom. The topological polar surface area (TPSA) is 88.1 Å². The van der Waals surface area contributed by atoms with Crippen LogP contribution >= 0.6 is 11.3 Å². The van der Waals surface area contributed by atoms with Crippen LogP contribution in [0.3, 0.4) is 0 Å². The van der Waals surface area contributed by atoms with Crippen LogP contribution in [0.4, 0.5) is 15.5 Å². The van der Waals surface area contributed by atoms with Gasteiger partial charge in [0.15, 0.2) is 0 Å². The number of pyridine rings is 1. The van der Waals surface area contributed by atoms with Crippen molar-refractivity contribution in [1.82, 2.24) is 14.9 Å². The van der Waals surface area contributed by atoms with Crippen molar-refractivity contribution in [3.05, 3.63) is 41.5 Å². The number of amides is 2. The molecule has 8 heteroatoms. The second-order valence-electron chi connectivity index (χ2n) is 7.17. The third kappa shape index (κ3) is 3.29. The van der Waals surface area contributed by atoms with Crippen molar-refractivity contribution in [2.24, 2.45) is 5.92 Å². The number of nitriles is 1. The first-order valence-electron chi connectivity index (χ1n) is 9.27. The molecule has 1 aliphatic rings. The van der Waals surface area contributed by atoms with Crippen molar-refractivity contribution in [1.29, 1.82) is 5.26 Å². The fraction of sp³-hybridized carbons (Fsp3) is 0.350. The third-order valence-corrected chi connectivity index (χ3v) is 6.36. The van der Waals surface area contributed by atoms with E-state index in [1.165, 1.54) is 11.3 Å². The van der Waals surface area contributed by atoms with Gasteiger partial charge in [0, 0.05) is 49.6 Å². The van der Waals surface area contributed by atoms with Gasteiger partial charge >= 0.3 is 6.03 Å². The average molecular weight is 395 g/mol. The minimum Gasteiger partial charge on any atom is -0.369 e. The van der Waals surface area contributed by atoms with Crippen molar-refractivity contribution < 1.29 is 4.79 Å². The molecule has 1 aliphatic heterocycles. The standard InChI is InChI=1S/C20H22N6OS/c1-13-5-9-26(20(27)24-19-14(11-21)6-10-28-19)12-17(13)25(2)16-4-8-23-18-15(16)3-7-22-18/h3-4,6-8,10,13,17H,5,9,12H2,1-2H3,(H,22,23)(H,24,27). The van der Waals surface area contributed by atoms with Crippen molar-refractivity contribution in [2.75, 3.05) is 30.4 Å². The van der Waals surface area contributed by atoms with E-state index in [-0.39, 0.29) is 12.1 Å². The Bertz CT molecular complexity index is 1030. The molecule has 7 nitrogen and oxygen atoms in total. The molecule has 28 heavy (non-hydrogen) atoms. The maximum atomic E-state index is 12.8. The first kappa shape index (κ1) is 18.3. The summed E-state index contributed by atoms with van der Waals surface area (Å²) < 4.78 is 0. The molecule has 0 radical (unpaired) electrons. The number of likely N-dealkylation sites (tertiary alicyclic amines) is 1. The van der Waals surface area contributed by atoms with Crippen molar-refractivity contribution in [3.8, 4) is 6.07 Å². The van der Waals surface area contributed by atoms with Gasteiger partial charge in [-0.3, -0.25) is 5.32 Å². The van der Waals surface area contributed by atoms with Crippen molar-refractivity contribution in [2.45, 2.75) is 19.4 Å². The van der Waals surface area contributed by atoms with E-state index in [2.05, 4.69) is 40.2 Å². The Balaban J connectivity index is 1.52. The lowest BCUT2D eigenvalue weighted by Crippen LogP contribution is -2.53. The van der Waals surface area contributed by atoms with E-state index in [0.29, 0.717) is 29.6 Å². The van der Waals surface area contributed by atoms with Gasteiger partial charge in [0.05, 0.1) is 5.56 Å². The molecule has 0 aromatic carbocycles. The summed E-state index contributed by atoms with van der Waals surface area (Å²) in [5.74, 6) is 0.451. The summed E-state index contributed by atoms with van der Waals surface area (Å²) in [6.45, 7) is 3.57. The SMILES string of the molecule is CC1CCN(C(=O)Nc2sccc2C#N)CC1N(C)c1ccnc2[nH]ccc12. The monoisotopic (exact) mass is 394 g/mol. The normalized spacial score (nSPS) is 19.4. The lowest BCUT2D eigenvalue weighted by atomic mass is 9.92. The highest BCUT2D eigenvalue weighted by Gasteiger charge is 2.32. The van der Waals surface area contributed by atoms with Crippen molar-refractivity contribution in [3.63, 3.8) is 0 Å². The number of hydrogen-bond acceptors (Lipinski definition) is 5. The number of thiophene rings is 1. The lowest BCUT2D eigenvalue weighted by Gasteiger charge is -2.42. The van der Waals surface area contributed by atoms with Gasteiger partial charge in [-0.25, -0.2) is 9.78 Å². The van der Waals surface area contributed by atoms with Crippen LogP contribution in [0.1, 0.15) is 18.9 Å². The quantitative estimate of drug-likeness (QED) is 0.706. The predicted octanol–water partition coefficient (Wildman–Crippen LogP) is 3.87. The number of nitrogens with zero attached hydrogens (tertiary/aromatic N) is 4.